The molecule has 24 heavy (non-hydrogen) atoms. The lowest BCUT2D eigenvalue weighted by atomic mass is 10.2. The van der Waals surface area contributed by atoms with Crippen LogP contribution in [0.1, 0.15) is 29.0 Å². The van der Waals surface area contributed by atoms with Gasteiger partial charge in [0.25, 0.3) is 0 Å². The summed E-state index contributed by atoms with van der Waals surface area (Å²) >= 11 is 1.69. The molecule has 0 spiro atoms. The molecule has 1 N–H and O–H groups in total. The minimum Gasteiger partial charge on any atom is -0.352 e. The summed E-state index contributed by atoms with van der Waals surface area (Å²) in [6.07, 6.45) is 4.79. The SMILES string of the molecule is O=C(NCc1cnn(Cc2ccccc2)c1)[C@@H]1C[C@H]1c1ccsc1. The van der Waals surface area contributed by atoms with Gasteiger partial charge in [0.2, 0.25) is 5.91 Å². The molecule has 2 heterocycles. The highest BCUT2D eigenvalue weighted by Crippen LogP contribution is 2.48. The second kappa shape index (κ2) is 6.61. The van der Waals surface area contributed by atoms with Crippen molar-refractivity contribution in [1.29, 1.82) is 0 Å². The number of nitrogens with one attached hydrogen (secondary N) is 1. The largest absolute Gasteiger partial charge is 0.352 e. The zero-order valence-corrected chi connectivity index (χ0v) is 14.1. The van der Waals surface area contributed by atoms with Crippen LogP contribution in [0.4, 0.5) is 0 Å². The molecule has 0 saturated heterocycles. The first-order chi connectivity index (χ1) is 11.8. The average molecular weight is 337 g/mol. The number of rotatable bonds is 6. The summed E-state index contributed by atoms with van der Waals surface area (Å²) in [5.41, 5.74) is 3.55. The van der Waals surface area contributed by atoms with Crippen molar-refractivity contribution in [1.82, 2.24) is 15.1 Å². The van der Waals surface area contributed by atoms with Crippen molar-refractivity contribution in [3.05, 3.63) is 76.2 Å². The molecule has 0 bridgehead atoms. The second-order valence-corrected chi connectivity index (χ2v) is 7.03. The van der Waals surface area contributed by atoms with E-state index in [0.29, 0.717) is 12.5 Å². The van der Waals surface area contributed by atoms with Crippen LogP contribution < -0.4 is 5.32 Å². The number of nitrogens with zero attached hydrogens (tertiary/aromatic N) is 2. The second-order valence-electron chi connectivity index (χ2n) is 6.25. The lowest BCUT2D eigenvalue weighted by Crippen LogP contribution is -2.24. The number of thiophene rings is 1. The molecular formula is C19H19N3OS. The molecule has 1 amide bonds. The van der Waals surface area contributed by atoms with E-state index in [0.717, 1.165) is 18.5 Å². The fraction of sp³-hybridized carbons (Fsp3) is 0.263. The number of carbonyl (C=O) groups excluding carboxylic acids is 1. The molecule has 0 radical (unpaired) electrons. The van der Waals surface area contributed by atoms with Gasteiger partial charge in [0.1, 0.15) is 0 Å². The van der Waals surface area contributed by atoms with Crippen molar-refractivity contribution in [2.75, 3.05) is 0 Å². The van der Waals surface area contributed by atoms with E-state index in [2.05, 4.69) is 39.4 Å². The van der Waals surface area contributed by atoms with E-state index in [4.69, 9.17) is 0 Å². The van der Waals surface area contributed by atoms with E-state index >= 15 is 0 Å². The summed E-state index contributed by atoms with van der Waals surface area (Å²) in [4.78, 5) is 12.2. The highest BCUT2D eigenvalue weighted by Gasteiger charge is 2.43. The van der Waals surface area contributed by atoms with Gasteiger partial charge < -0.3 is 5.32 Å². The third kappa shape index (κ3) is 3.41. The van der Waals surface area contributed by atoms with Crippen LogP contribution >= 0.6 is 11.3 Å². The molecule has 1 aromatic carbocycles. The van der Waals surface area contributed by atoms with Crippen LogP contribution in [-0.4, -0.2) is 15.7 Å². The van der Waals surface area contributed by atoms with Gasteiger partial charge >= 0.3 is 0 Å². The summed E-state index contributed by atoms with van der Waals surface area (Å²) in [5, 5.41) is 11.6. The smallest absolute Gasteiger partial charge is 0.224 e. The number of hydrogen-bond acceptors (Lipinski definition) is 3. The van der Waals surface area contributed by atoms with Crippen molar-refractivity contribution in [3.8, 4) is 0 Å². The highest BCUT2D eigenvalue weighted by molar-refractivity contribution is 7.08. The van der Waals surface area contributed by atoms with Crippen LogP contribution in [0.3, 0.4) is 0 Å². The van der Waals surface area contributed by atoms with Crippen LogP contribution in [0, 0.1) is 5.92 Å². The van der Waals surface area contributed by atoms with Gasteiger partial charge in [-0.1, -0.05) is 30.3 Å². The maximum atomic E-state index is 12.2. The van der Waals surface area contributed by atoms with E-state index in [9.17, 15) is 4.79 Å². The zero-order valence-electron chi connectivity index (χ0n) is 13.3. The predicted molar refractivity (Wildman–Crippen MR) is 94.8 cm³/mol. The van der Waals surface area contributed by atoms with Crippen LogP contribution in [-0.2, 0) is 17.9 Å². The van der Waals surface area contributed by atoms with Crippen molar-refractivity contribution < 1.29 is 4.79 Å². The Hall–Kier alpha value is -2.40. The Morgan fingerprint density at radius 3 is 2.92 bits per heavy atom. The Morgan fingerprint density at radius 2 is 2.12 bits per heavy atom. The van der Waals surface area contributed by atoms with Gasteiger partial charge in [-0.3, -0.25) is 9.48 Å². The summed E-state index contributed by atoms with van der Waals surface area (Å²) in [6.45, 7) is 1.29. The molecule has 1 aliphatic rings. The van der Waals surface area contributed by atoms with E-state index < -0.39 is 0 Å². The van der Waals surface area contributed by atoms with Gasteiger partial charge in [0, 0.05) is 24.2 Å². The van der Waals surface area contributed by atoms with Gasteiger partial charge in [-0.15, -0.1) is 0 Å². The van der Waals surface area contributed by atoms with Gasteiger partial charge in [-0.05, 0) is 40.3 Å². The van der Waals surface area contributed by atoms with Crippen LogP contribution in [0.25, 0.3) is 0 Å². The third-order valence-corrected chi connectivity index (χ3v) is 5.14. The molecule has 2 aromatic heterocycles. The van der Waals surface area contributed by atoms with Crippen molar-refractivity contribution in [3.63, 3.8) is 0 Å². The highest BCUT2D eigenvalue weighted by atomic mass is 32.1. The number of benzene rings is 1. The Morgan fingerprint density at radius 1 is 1.25 bits per heavy atom. The first-order valence-electron chi connectivity index (χ1n) is 8.14. The van der Waals surface area contributed by atoms with Crippen LogP contribution in [0.5, 0.6) is 0 Å². The molecule has 2 atom stereocenters. The van der Waals surface area contributed by atoms with Crippen molar-refractivity contribution in [2.24, 2.45) is 5.92 Å². The fourth-order valence-corrected chi connectivity index (χ4v) is 3.74. The molecule has 1 aliphatic carbocycles. The van der Waals surface area contributed by atoms with Gasteiger partial charge in [-0.2, -0.15) is 16.4 Å². The Labute approximate surface area is 145 Å². The molecular weight excluding hydrogens is 318 g/mol. The Bertz CT molecular complexity index is 810. The molecule has 4 rings (SSSR count). The average Bonchev–Trinajstić information content (AvgIpc) is 3.01. The Balaban J connectivity index is 1.28. The van der Waals surface area contributed by atoms with Gasteiger partial charge in [-0.25, -0.2) is 0 Å². The standard InChI is InChI=1S/C19H19N3OS/c23-19(18-8-17(18)16-6-7-24-13-16)20-9-15-10-21-22(12-15)11-14-4-2-1-3-5-14/h1-7,10,12-13,17-18H,8-9,11H2,(H,20,23)/t17-,18+/m0/s1. The molecule has 3 aromatic rings. The Kier molecular flexibility index (Phi) is 4.17. The minimum atomic E-state index is 0.138. The number of aromatic nitrogens is 2. The summed E-state index contributed by atoms with van der Waals surface area (Å²) in [5.74, 6) is 0.707. The molecule has 1 fully saturated rings. The van der Waals surface area contributed by atoms with Crippen LogP contribution in [0.2, 0.25) is 0 Å². The summed E-state index contributed by atoms with van der Waals surface area (Å²) in [7, 11) is 0. The van der Waals surface area contributed by atoms with Crippen molar-refractivity contribution >= 4 is 17.2 Å². The monoisotopic (exact) mass is 337 g/mol. The minimum absolute atomic E-state index is 0.138. The van der Waals surface area contributed by atoms with Crippen molar-refractivity contribution in [2.45, 2.75) is 25.4 Å². The lowest BCUT2D eigenvalue weighted by molar-refractivity contribution is -0.122. The molecule has 4 nitrogen and oxygen atoms in total. The molecule has 5 heteroatoms. The first kappa shape index (κ1) is 15.1. The number of carbonyl (C=O) groups is 1. The van der Waals surface area contributed by atoms with E-state index in [1.54, 1.807) is 11.3 Å². The summed E-state index contributed by atoms with van der Waals surface area (Å²) in [6, 6.07) is 12.4. The molecule has 122 valence electrons. The summed E-state index contributed by atoms with van der Waals surface area (Å²) < 4.78 is 1.90. The first-order valence-corrected chi connectivity index (χ1v) is 9.09. The quantitative estimate of drug-likeness (QED) is 0.749. The maximum absolute atomic E-state index is 12.2. The van der Waals surface area contributed by atoms with Gasteiger partial charge in [0.15, 0.2) is 0 Å². The van der Waals surface area contributed by atoms with E-state index in [1.807, 2.05) is 35.3 Å². The number of hydrogen-bond donors (Lipinski definition) is 1. The van der Waals surface area contributed by atoms with Crippen LogP contribution in [0.15, 0.2) is 59.6 Å². The number of amides is 1. The lowest BCUT2D eigenvalue weighted by Gasteiger charge is -2.03. The molecule has 0 aliphatic heterocycles. The molecule has 1 saturated carbocycles. The third-order valence-electron chi connectivity index (χ3n) is 4.44. The molecule has 0 unspecified atom stereocenters. The topological polar surface area (TPSA) is 46.9 Å². The van der Waals surface area contributed by atoms with E-state index in [1.165, 1.54) is 11.1 Å². The predicted octanol–water partition coefficient (Wildman–Crippen LogP) is 3.41. The normalized spacial score (nSPS) is 19.2. The fourth-order valence-electron chi connectivity index (χ4n) is 3.01. The zero-order chi connectivity index (χ0) is 16.4. The van der Waals surface area contributed by atoms with E-state index in [-0.39, 0.29) is 11.8 Å². The maximum Gasteiger partial charge on any atom is 0.224 e. The van der Waals surface area contributed by atoms with Gasteiger partial charge in [0.05, 0.1) is 12.7 Å².